The second-order valence-corrected chi connectivity index (χ2v) is 10.6. The Balaban J connectivity index is 1.61. The normalized spacial score (nSPS) is 11.5. The molecule has 10 heteroatoms. The Morgan fingerprint density at radius 3 is 2.30 bits per heavy atom. The molecular formula is C27H32N4O5S. The van der Waals surface area contributed by atoms with Gasteiger partial charge < -0.3 is 14.8 Å². The molecule has 0 unspecified atom stereocenters. The smallest absolute Gasteiger partial charge is 0.264 e. The van der Waals surface area contributed by atoms with E-state index in [-0.39, 0.29) is 16.8 Å². The highest BCUT2D eigenvalue weighted by Gasteiger charge is 2.16. The van der Waals surface area contributed by atoms with Gasteiger partial charge in [0, 0.05) is 23.2 Å². The van der Waals surface area contributed by atoms with Crippen molar-refractivity contribution < 1.29 is 22.7 Å². The summed E-state index contributed by atoms with van der Waals surface area (Å²) in [6, 6.07) is 13.0. The number of carbonyl (C=O) groups is 1. The van der Waals surface area contributed by atoms with E-state index < -0.39 is 10.0 Å². The van der Waals surface area contributed by atoms with Crippen LogP contribution in [0.15, 0.2) is 59.5 Å². The molecule has 0 atom stereocenters. The van der Waals surface area contributed by atoms with E-state index in [0.29, 0.717) is 41.1 Å². The van der Waals surface area contributed by atoms with Crippen LogP contribution in [0.25, 0.3) is 6.08 Å². The van der Waals surface area contributed by atoms with Gasteiger partial charge in [-0.15, -0.1) is 0 Å². The Morgan fingerprint density at radius 1 is 1.00 bits per heavy atom. The maximum Gasteiger partial charge on any atom is 0.264 e. The summed E-state index contributed by atoms with van der Waals surface area (Å²) < 4.78 is 38.9. The van der Waals surface area contributed by atoms with E-state index in [1.165, 1.54) is 30.3 Å². The Bertz CT molecular complexity index is 1350. The average Bonchev–Trinajstić information content (AvgIpc) is 2.82. The van der Waals surface area contributed by atoms with E-state index in [9.17, 15) is 13.2 Å². The largest absolute Gasteiger partial charge is 0.493 e. The van der Waals surface area contributed by atoms with Gasteiger partial charge in [-0.25, -0.2) is 23.1 Å². The molecule has 9 nitrogen and oxygen atoms in total. The van der Waals surface area contributed by atoms with Crippen molar-refractivity contribution in [3.8, 4) is 11.5 Å². The second-order valence-electron chi connectivity index (χ2n) is 8.87. The summed E-state index contributed by atoms with van der Waals surface area (Å²) in [6.07, 6.45) is 3.98. The number of carbonyl (C=O) groups excluding carboxylic acids is 1. The molecular weight excluding hydrogens is 492 g/mol. The molecule has 0 fully saturated rings. The van der Waals surface area contributed by atoms with Gasteiger partial charge in [0.05, 0.1) is 18.6 Å². The van der Waals surface area contributed by atoms with E-state index in [0.717, 1.165) is 12.0 Å². The predicted octanol–water partition coefficient (Wildman–Crippen LogP) is 4.98. The summed E-state index contributed by atoms with van der Waals surface area (Å²) in [4.78, 5) is 20.6. The van der Waals surface area contributed by atoms with E-state index in [1.807, 2.05) is 12.1 Å². The minimum Gasteiger partial charge on any atom is -0.493 e. The lowest BCUT2D eigenvalue weighted by Crippen LogP contribution is -2.16. The minimum atomic E-state index is -3.88. The number of anilines is 2. The summed E-state index contributed by atoms with van der Waals surface area (Å²) in [7, 11) is -2.31. The van der Waals surface area contributed by atoms with Crippen LogP contribution in [-0.4, -0.2) is 38.0 Å². The van der Waals surface area contributed by atoms with Gasteiger partial charge in [0.25, 0.3) is 10.0 Å². The summed E-state index contributed by atoms with van der Waals surface area (Å²) in [5, 5.41) is 2.71. The van der Waals surface area contributed by atoms with Crippen LogP contribution in [0.3, 0.4) is 0 Å². The molecule has 196 valence electrons. The Hall–Kier alpha value is -3.92. The SMILES string of the molecule is COc1cc(C=CC(=O)Nc2ccc(S(=O)(=O)Nc3nc(C)cc(C)n3)cc2)ccc1OCCC(C)C. The fraction of sp³-hybridized carbons (Fsp3) is 0.296. The molecule has 3 aromatic rings. The zero-order valence-corrected chi connectivity index (χ0v) is 22.4. The minimum absolute atomic E-state index is 0.00630. The highest BCUT2D eigenvalue weighted by molar-refractivity contribution is 7.92. The highest BCUT2D eigenvalue weighted by atomic mass is 32.2. The number of sulfonamides is 1. The Morgan fingerprint density at radius 2 is 1.68 bits per heavy atom. The molecule has 0 aliphatic carbocycles. The van der Waals surface area contributed by atoms with Crippen LogP contribution in [0.2, 0.25) is 0 Å². The van der Waals surface area contributed by atoms with Crippen molar-refractivity contribution >= 4 is 33.6 Å². The number of hydrogen-bond acceptors (Lipinski definition) is 7. The Labute approximate surface area is 218 Å². The summed E-state index contributed by atoms with van der Waals surface area (Å²) in [5.74, 6) is 1.42. The molecule has 0 aliphatic heterocycles. The third kappa shape index (κ3) is 8.32. The first-order chi connectivity index (χ1) is 17.6. The van der Waals surface area contributed by atoms with Gasteiger partial charge in [0.2, 0.25) is 11.9 Å². The zero-order chi connectivity index (χ0) is 27.0. The number of methoxy groups -OCH3 is 1. The van der Waals surface area contributed by atoms with Crippen molar-refractivity contribution in [3.05, 3.63) is 71.6 Å². The average molecular weight is 525 g/mol. The molecule has 2 aromatic carbocycles. The number of aromatic nitrogens is 2. The lowest BCUT2D eigenvalue weighted by atomic mass is 10.1. The number of nitrogens with zero attached hydrogens (tertiary/aromatic N) is 2. The summed E-state index contributed by atoms with van der Waals surface area (Å²) >= 11 is 0. The van der Waals surface area contributed by atoms with Gasteiger partial charge in [-0.3, -0.25) is 4.79 Å². The second kappa shape index (κ2) is 12.4. The van der Waals surface area contributed by atoms with Crippen molar-refractivity contribution in [3.63, 3.8) is 0 Å². The first-order valence-electron chi connectivity index (χ1n) is 11.8. The van der Waals surface area contributed by atoms with Crippen LogP contribution < -0.4 is 19.5 Å². The van der Waals surface area contributed by atoms with Crippen LogP contribution in [0.4, 0.5) is 11.6 Å². The summed E-state index contributed by atoms with van der Waals surface area (Å²) in [6.45, 7) is 8.38. The van der Waals surface area contributed by atoms with E-state index in [1.54, 1.807) is 39.2 Å². The first-order valence-corrected chi connectivity index (χ1v) is 13.3. The molecule has 0 bridgehead atoms. The number of amides is 1. The first kappa shape index (κ1) is 27.7. The van der Waals surface area contributed by atoms with Crippen LogP contribution >= 0.6 is 0 Å². The molecule has 0 spiro atoms. The van der Waals surface area contributed by atoms with Gasteiger partial charge in [0.15, 0.2) is 11.5 Å². The number of rotatable bonds is 11. The van der Waals surface area contributed by atoms with E-state index >= 15 is 0 Å². The van der Waals surface area contributed by atoms with Crippen molar-refractivity contribution in [2.24, 2.45) is 5.92 Å². The standard InChI is InChI=1S/C27H32N4O5S/c1-18(2)14-15-36-24-12-6-21(17-25(24)35-5)7-13-26(32)30-22-8-10-23(11-9-22)37(33,34)31-27-28-19(3)16-20(4)29-27/h6-13,16-18H,14-15H2,1-5H3,(H,30,32)(H,28,29,31). The summed E-state index contributed by atoms with van der Waals surface area (Å²) in [5.41, 5.74) is 2.52. The molecule has 0 saturated carbocycles. The lowest BCUT2D eigenvalue weighted by molar-refractivity contribution is -0.111. The number of aryl methyl sites for hydroxylation is 2. The van der Waals surface area contributed by atoms with Crippen molar-refractivity contribution in [1.29, 1.82) is 0 Å². The number of ether oxygens (including phenoxy) is 2. The number of benzene rings is 2. The van der Waals surface area contributed by atoms with Gasteiger partial charge in [-0.05, 0) is 80.3 Å². The fourth-order valence-electron chi connectivity index (χ4n) is 3.34. The zero-order valence-electron chi connectivity index (χ0n) is 21.6. The number of hydrogen-bond donors (Lipinski definition) is 2. The molecule has 0 radical (unpaired) electrons. The maximum atomic E-state index is 12.7. The van der Waals surface area contributed by atoms with Crippen LogP contribution in [0.5, 0.6) is 11.5 Å². The molecule has 3 rings (SSSR count). The van der Waals surface area contributed by atoms with Gasteiger partial charge in [-0.1, -0.05) is 19.9 Å². The van der Waals surface area contributed by atoms with E-state index in [2.05, 4.69) is 33.9 Å². The fourth-order valence-corrected chi connectivity index (χ4v) is 4.28. The predicted molar refractivity (Wildman–Crippen MR) is 144 cm³/mol. The monoisotopic (exact) mass is 524 g/mol. The maximum absolute atomic E-state index is 12.7. The van der Waals surface area contributed by atoms with Crippen molar-refractivity contribution in [1.82, 2.24) is 9.97 Å². The molecule has 37 heavy (non-hydrogen) atoms. The molecule has 1 aromatic heterocycles. The van der Waals surface area contributed by atoms with Crippen molar-refractivity contribution in [2.75, 3.05) is 23.8 Å². The van der Waals surface area contributed by atoms with Crippen LogP contribution in [-0.2, 0) is 14.8 Å². The Kier molecular flexibility index (Phi) is 9.24. The third-order valence-corrected chi connectivity index (χ3v) is 6.55. The quantitative estimate of drug-likeness (QED) is 0.340. The van der Waals surface area contributed by atoms with Gasteiger partial charge >= 0.3 is 0 Å². The number of nitrogens with one attached hydrogen (secondary N) is 2. The highest BCUT2D eigenvalue weighted by Crippen LogP contribution is 2.29. The van der Waals surface area contributed by atoms with Gasteiger partial charge in [0.1, 0.15) is 0 Å². The molecule has 0 saturated heterocycles. The molecule has 2 N–H and O–H groups in total. The molecule has 0 aliphatic rings. The topological polar surface area (TPSA) is 120 Å². The lowest BCUT2D eigenvalue weighted by Gasteiger charge is -2.12. The van der Waals surface area contributed by atoms with Gasteiger partial charge in [-0.2, -0.15) is 0 Å². The van der Waals surface area contributed by atoms with Crippen molar-refractivity contribution in [2.45, 2.75) is 39.0 Å². The van der Waals surface area contributed by atoms with Crippen LogP contribution in [0.1, 0.15) is 37.2 Å². The van der Waals surface area contributed by atoms with Crippen LogP contribution in [0, 0.1) is 19.8 Å². The molecule has 1 amide bonds. The third-order valence-electron chi connectivity index (χ3n) is 5.21. The van der Waals surface area contributed by atoms with E-state index in [4.69, 9.17) is 9.47 Å². The molecule has 1 heterocycles.